The highest BCUT2D eigenvalue weighted by molar-refractivity contribution is 6.30. The minimum atomic E-state index is -0.654. The summed E-state index contributed by atoms with van der Waals surface area (Å²) in [7, 11) is 0. The maximum atomic E-state index is 12.9. The molecule has 11 nitrogen and oxygen atoms in total. The number of carbonyl (C=O) groups is 1. The van der Waals surface area contributed by atoms with E-state index in [2.05, 4.69) is 45.4 Å². The van der Waals surface area contributed by atoms with Crippen molar-refractivity contribution < 1.29 is 9.32 Å². The molecule has 228 valence electrons. The molecule has 0 bridgehead atoms. The molecule has 12 heteroatoms. The number of nitrogens with zero attached hydrogens (tertiary/aromatic N) is 7. The van der Waals surface area contributed by atoms with Crippen LogP contribution in [0.25, 0.3) is 33.8 Å². The van der Waals surface area contributed by atoms with Crippen LogP contribution in [0.3, 0.4) is 0 Å². The predicted octanol–water partition coefficient (Wildman–Crippen LogP) is 5.54. The fraction of sp³-hybridized carbons (Fsp3) is 0.548. The number of carbonyl (C=O) groups excluding carboxylic acids is 1. The lowest BCUT2D eigenvalue weighted by Gasteiger charge is -2.45. The van der Waals surface area contributed by atoms with E-state index in [9.17, 15) is 9.59 Å². The van der Waals surface area contributed by atoms with Gasteiger partial charge in [-0.1, -0.05) is 43.4 Å². The summed E-state index contributed by atoms with van der Waals surface area (Å²) in [5.74, 6) is 1.88. The Kier molecular flexibility index (Phi) is 8.26. The number of fused-ring (bicyclic) bond motifs is 1. The molecule has 0 aromatic carbocycles. The zero-order valence-electron chi connectivity index (χ0n) is 25.2. The Morgan fingerprint density at radius 2 is 1.81 bits per heavy atom. The monoisotopic (exact) mass is 606 g/mol. The van der Waals surface area contributed by atoms with E-state index in [1.807, 2.05) is 24.0 Å². The summed E-state index contributed by atoms with van der Waals surface area (Å²) < 4.78 is 7.13. The van der Waals surface area contributed by atoms with Crippen molar-refractivity contribution in [2.45, 2.75) is 84.8 Å². The number of nitrogens with one attached hydrogen (secondary N) is 1. The Hall–Kier alpha value is -3.73. The first-order valence-corrected chi connectivity index (χ1v) is 15.7. The third-order valence-corrected chi connectivity index (χ3v) is 9.12. The molecule has 43 heavy (non-hydrogen) atoms. The van der Waals surface area contributed by atoms with Gasteiger partial charge in [0.25, 0.3) is 0 Å². The predicted molar refractivity (Wildman–Crippen MR) is 166 cm³/mol. The van der Waals surface area contributed by atoms with E-state index in [-0.39, 0.29) is 23.8 Å². The van der Waals surface area contributed by atoms with Gasteiger partial charge < -0.3 is 14.4 Å². The largest absolute Gasteiger partial charge is 0.439 e. The van der Waals surface area contributed by atoms with Gasteiger partial charge in [0, 0.05) is 56.1 Å². The summed E-state index contributed by atoms with van der Waals surface area (Å²) in [4.78, 5) is 46.3. The molecular weight excluding hydrogens is 568 g/mol. The molecule has 1 aliphatic heterocycles. The van der Waals surface area contributed by atoms with Gasteiger partial charge in [-0.05, 0) is 57.1 Å². The molecule has 4 aromatic rings. The van der Waals surface area contributed by atoms with E-state index in [0.717, 1.165) is 54.3 Å². The van der Waals surface area contributed by atoms with E-state index >= 15 is 0 Å². The number of aromatic amines is 1. The van der Waals surface area contributed by atoms with Crippen LogP contribution in [-0.4, -0.2) is 65.6 Å². The number of anilines is 1. The van der Waals surface area contributed by atoms with Crippen molar-refractivity contribution in [2.24, 2.45) is 11.8 Å². The Morgan fingerprint density at radius 3 is 2.47 bits per heavy atom. The summed E-state index contributed by atoms with van der Waals surface area (Å²) in [5.41, 5.74) is 3.45. The minimum Gasteiger partial charge on any atom is -0.339 e. The fourth-order valence-electron chi connectivity index (χ4n) is 6.78. The lowest BCUT2D eigenvalue weighted by molar-refractivity contribution is -0.132. The molecule has 2 atom stereocenters. The molecule has 1 aliphatic carbocycles. The highest BCUT2D eigenvalue weighted by Gasteiger charge is 2.36. The SMILES string of the molecule is CCCC(=O)N1C[C@H](C)N(c2nc3cc(-c4noc(=O)[nH]4)nc(-c4cncc(Cl)c4)c3n2CC2CCC(C)CC2)[C@@H](C)C1. The highest BCUT2D eigenvalue weighted by atomic mass is 35.5. The van der Waals surface area contributed by atoms with Gasteiger partial charge in [0.1, 0.15) is 5.69 Å². The second kappa shape index (κ2) is 12.1. The van der Waals surface area contributed by atoms with Crippen molar-refractivity contribution in [3.63, 3.8) is 0 Å². The first-order chi connectivity index (χ1) is 20.7. The number of hydrogen-bond acceptors (Lipinski definition) is 8. The van der Waals surface area contributed by atoms with Gasteiger partial charge in [0.15, 0.2) is 0 Å². The molecule has 0 spiro atoms. The summed E-state index contributed by atoms with van der Waals surface area (Å²) in [5, 5.41) is 4.39. The van der Waals surface area contributed by atoms with Gasteiger partial charge in [0.05, 0.1) is 21.7 Å². The zero-order valence-corrected chi connectivity index (χ0v) is 26.0. The third kappa shape index (κ3) is 5.91. The average Bonchev–Trinajstić information content (AvgIpc) is 3.57. The van der Waals surface area contributed by atoms with Crippen molar-refractivity contribution in [3.8, 4) is 22.8 Å². The van der Waals surface area contributed by atoms with Crippen molar-refractivity contribution in [2.75, 3.05) is 18.0 Å². The number of aromatic nitrogens is 6. The number of amides is 1. The van der Waals surface area contributed by atoms with Gasteiger partial charge in [-0.3, -0.25) is 19.3 Å². The first-order valence-electron chi connectivity index (χ1n) is 15.4. The summed E-state index contributed by atoms with van der Waals surface area (Å²) >= 11 is 6.41. The molecule has 2 fully saturated rings. The van der Waals surface area contributed by atoms with Crippen LogP contribution in [0, 0.1) is 11.8 Å². The molecule has 1 saturated carbocycles. The van der Waals surface area contributed by atoms with Crippen molar-refractivity contribution in [1.82, 2.24) is 34.6 Å². The molecule has 6 rings (SSSR count). The van der Waals surface area contributed by atoms with E-state index in [4.69, 9.17) is 26.1 Å². The van der Waals surface area contributed by atoms with Crippen LogP contribution in [0.5, 0.6) is 0 Å². The Bertz CT molecular complexity index is 1660. The van der Waals surface area contributed by atoms with E-state index in [1.165, 1.54) is 12.8 Å². The Labute approximate surface area is 255 Å². The van der Waals surface area contributed by atoms with E-state index in [1.54, 1.807) is 12.4 Å². The molecule has 1 N–H and O–H groups in total. The molecule has 0 unspecified atom stereocenters. The van der Waals surface area contributed by atoms with Crippen molar-refractivity contribution >= 4 is 34.5 Å². The number of rotatable bonds is 7. The maximum Gasteiger partial charge on any atom is 0.439 e. The molecule has 0 radical (unpaired) electrons. The van der Waals surface area contributed by atoms with Crippen LogP contribution in [0.4, 0.5) is 5.95 Å². The third-order valence-electron chi connectivity index (χ3n) is 8.91. The standard InChI is InChI=1S/C31H39ClN8O3/c1-5-6-26(41)38-15-19(3)40(20(4)16-38)30-35-24-12-25(29-36-31(42)43-37-29)34-27(22-11-23(32)14-33-13-22)28(24)39(30)17-21-9-7-18(2)8-10-21/h11-14,18-21H,5-10,15-17H2,1-4H3,(H,36,37,42)/t18?,19-,20-,21?/m0/s1. The lowest BCUT2D eigenvalue weighted by Crippen LogP contribution is -2.59. The molecular formula is C31H39ClN8O3. The number of H-pyrrole nitrogens is 1. The second-order valence-corrected chi connectivity index (χ2v) is 12.8. The molecule has 4 aromatic heterocycles. The van der Waals surface area contributed by atoms with E-state index in [0.29, 0.717) is 41.8 Å². The number of pyridine rings is 2. The minimum absolute atomic E-state index is 0.0575. The van der Waals surface area contributed by atoms with Gasteiger partial charge >= 0.3 is 5.76 Å². The van der Waals surface area contributed by atoms with Crippen LogP contribution in [0.1, 0.15) is 66.2 Å². The van der Waals surface area contributed by atoms with Crippen LogP contribution in [0.2, 0.25) is 5.02 Å². The molecule has 1 amide bonds. The Morgan fingerprint density at radius 1 is 1.07 bits per heavy atom. The van der Waals surface area contributed by atoms with Crippen LogP contribution in [-0.2, 0) is 11.3 Å². The van der Waals surface area contributed by atoms with Gasteiger partial charge in [-0.25, -0.2) is 14.8 Å². The van der Waals surface area contributed by atoms with Crippen LogP contribution >= 0.6 is 11.6 Å². The van der Waals surface area contributed by atoms with Crippen LogP contribution in [0.15, 0.2) is 33.8 Å². The second-order valence-electron chi connectivity index (χ2n) is 12.4. The van der Waals surface area contributed by atoms with E-state index < -0.39 is 5.76 Å². The number of halogens is 1. The van der Waals surface area contributed by atoms with Crippen molar-refractivity contribution in [1.29, 1.82) is 0 Å². The number of hydrogen-bond donors (Lipinski definition) is 1. The molecule has 1 saturated heterocycles. The molecule has 5 heterocycles. The normalized spacial score (nSPS) is 22.8. The Balaban J connectivity index is 1.53. The van der Waals surface area contributed by atoms with Crippen molar-refractivity contribution in [3.05, 3.63) is 40.1 Å². The van der Waals surface area contributed by atoms with Gasteiger partial charge in [-0.2, -0.15) is 0 Å². The lowest BCUT2D eigenvalue weighted by atomic mass is 9.83. The quantitative estimate of drug-likeness (QED) is 0.290. The zero-order chi connectivity index (χ0) is 30.2. The number of imidazole rings is 1. The highest BCUT2D eigenvalue weighted by Crippen LogP contribution is 2.38. The summed E-state index contributed by atoms with van der Waals surface area (Å²) in [6.45, 7) is 10.8. The first kappa shape index (κ1) is 29.3. The smallest absolute Gasteiger partial charge is 0.339 e. The number of piperazine rings is 1. The average molecular weight is 607 g/mol. The summed E-state index contributed by atoms with van der Waals surface area (Å²) in [6.07, 6.45) is 9.48. The van der Waals surface area contributed by atoms with Gasteiger partial charge in [-0.15, -0.1) is 0 Å². The van der Waals surface area contributed by atoms with Crippen LogP contribution < -0.4 is 10.7 Å². The topological polar surface area (TPSA) is 126 Å². The van der Waals surface area contributed by atoms with Gasteiger partial charge in [0.2, 0.25) is 17.7 Å². The molecule has 2 aliphatic rings. The fourth-order valence-corrected chi connectivity index (χ4v) is 6.95. The maximum absolute atomic E-state index is 12.9. The summed E-state index contributed by atoms with van der Waals surface area (Å²) in [6, 6.07) is 3.81.